The maximum Gasteiger partial charge on any atom is 0.0464 e. The van der Waals surface area contributed by atoms with Crippen LogP contribution in [-0.2, 0) is 0 Å². The standard InChI is InChI=1S/C43H34N2.C4H10/c1-31-26-38(44-42-23-12-11-22-40(42)34-18-9-4-10-19-34)30-39(27-31)45-43-25-24-36(33-16-7-3-8-17-33)29-41(43)37-21-13-20-35(28-37)32-14-5-2-6-15-32;1-3-4-2/h2-30,44-45H,1H3;3-4H2,1-2H3. The summed E-state index contributed by atoms with van der Waals surface area (Å²) in [5, 5.41) is 7.48. The highest BCUT2D eigenvalue weighted by Gasteiger charge is 2.12. The molecule has 0 atom stereocenters. The van der Waals surface area contributed by atoms with Crippen molar-refractivity contribution in [3.8, 4) is 44.5 Å². The van der Waals surface area contributed by atoms with E-state index in [9.17, 15) is 0 Å². The van der Waals surface area contributed by atoms with Crippen LogP contribution in [0.3, 0.4) is 0 Å². The molecule has 7 aromatic carbocycles. The van der Waals surface area contributed by atoms with Crippen LogP contribution in [0.15, 0.2) is 176 Å². The van der Waals surface area contributed by atoms with E-state index in [0.717, 1.165) is 28.3 Å². The number of benzene rings is 7. The zero-order valence-electron chi connectivity index (χ0n) is 28.7. The lowest BCUT2D eigenvalue weighted by Crippen LogP contribution is -1.98. The minimum absolute atomic E-state index is 1.03. The second-order valence-corrected chi connectivity index (χ2v) is 12.3. The highest BCUT2D eigenvalue weighted by atomic mass is 14.9. The maximum atomic E-state index is 3.78. The van der Waals surface area contributed by atoms with Crippen LogP contribution in [0.1, 0.15) is 32.3 Å². The average Bonchev–Trinajstić information content (AvgIpc) is 3.16. The van der Waals surface area contributed by atoms with E-state index >= 15 is 0 Å². The number of para-hydroxylation sites is 1. The van der Waals surface area contributed by atoms with Crippen molar-refractivity contribution < 1.29 is 0 Å². The van der Waals surface area contributed by atoms with Gasteiger partial charge in [0.1, 0.15) is 0 Å². The first-order valence-electron chi connectivity index (χ1n) is 17.3. The fourth-order valence-corrected chi connectivity index (χ4v) is 5.90. The molecule has 0 aromatic heterocycles. The third kappa shape index (κ3) is 8.54. The van der Waals surface area contributed by atoms with E-state index in [1.54, 1.807) is 0 Å². The third-order valence-corrected chi connectivity index (χ3v) is 8.55. The van der Waals surface area contributed by atoms with Gasteiger partial charge in [-0.25, -0.2) is 0 Å². The average molecular weight is 637 g/mol. The van der Waals surface area contributed by atoms with Gasteiger partial charge in [0.2, 0.25) is 0 Å². The lowest BCUT2D eigenvalue weighted by Gasteiger charge is -2.18. The number of anilines is 4. The number of aryl methyl sites for hydroxylation is 1. The SMILES string of the molecule is CCCC.Cc1cc(Nc2ccccc2-c2ccccc2)cc(Nc2ccc(-c3ccccc3)cc2-c2cccc(-c3ccccc3)c2)c1. The molecule has 2 heteroatoms. The molecule has 0 amide bonds. The molecule has 2 N–H and O–H groups in total. The number of hydrogen-bond donors (Lipinski definition) is 2. The Morgan fingerprint density at radius 3 is 1.41 bits per heavy atom. The molecule has 242 valence electrons. The smallest absolute Gasteiger partial charge is 0.0464 e. The van der Waals surface area contributed by atoms with E-state index in [1.165, 1.54) is 57.3 Å². The van der Waals surface area contributed by atoms with Gasteiger partial charge >= 0.3 is 0 Å². The predicted molar refractivity (Wildman–Crippen MR) is 213 cm³/mol. The van der Waals surface area contributed by atoms with Crippen LogP contribution in [0.5, 0.6) is 0 Å². The molecule has 0 heterocycles. The first-order chi connectivity index (χ1) is 24.1. The van der Waals surface area contributed by atoms with Crippen LogP contribution in [0.4, 0.5) is 22.7 Å². The highest BCUT2D eigenvalue weighted by molar-refractivity contribution is 5.88. The molecule has 0 saturated heterocycles. The summed E-state index contributed by atoms with van der Waals surface area (Å²) in [7, 11) is 0. The molecule has 49 heavy (non-hydrogen) atoms. The first kappa shape index (κ1) is 33.1. The van der Waals surface area contributed by atoms with Gasteiger partial charge in [-0.2, -0.15) is 0 Å². The molecule has 0 radical (unpaired) electrons. The summed E-state index contributed by atoms with van der Waals surface area (Å²) in [4.78, 5) is 0. The molecule has 0 unspecified atom stereocenters. The molecular weight excluding hydrogens is 593 g/mol. The van der Waals surface area contributed by atoms with Crippen molar-refractivity contribution in [1.82, 2.24) is 0 Å². The van der Waals surface area contributed by atoms with E-state index in [2.05, 4.69) is 207 Å². The number of unbranched alkanes of at least 4 members (excludes halogenated alkanes) is 1. The lowest BCUT2D eigenvalue weighted by molar-refractivity contribution is 0.886. The molecule has 0 spiro atoms. The Bertz CT molecular complexity index is 2080. The summed E-state index contributed by atoms with van der Waals surface area (Å²) in [5.74, 6) is 0. The van der Waals surface area contributed by atoms with Crippen molar-refractivity contribution in [3.05, 3.63) is 181 Å². The Morgan fingerprint density at radius 1 is 0.347 bits per heavy atom. The Labute approximate surface area is 292 Å². The predicted octanol–water partition coefficient (Wildman–Crippen LogP) is 14.0. The van der Waals surface area contributed by atoms with Crippen molar-refractivity contribution in [1.29, 1.82) is 0 Å². The highest BCUT2D eigenvalue weighted by Crippen LogP contribution is 2.38. The molecular formula is C47H44N2. The quantitative estimate of drug-likeness (QED) is 0.165. The van der Waals surface area contributed by atoms with Crippen molar-refractivity contribution in [2.45, 2.75) is 33.6 Å². The molecule has 0 saturated carbocycles. The summed E-state index contributed by atoms with van der Waals surface area (Å²) < 4.78 is 0. The van der Waals surface area contributed by atoms with Gasteiger partial charge in [-0.15, -0.1) is 0 Å². The summed E-state index contributed by atoms with van der Waals surface area (Å²) >= 11 is 0. The van der Waals surface area contributed by atoms with Gasteiger partial charge in [0, 0.05) is 33.9 Å². The Hall–Kier alpha value is -5.86. The van der Waals surface area contributed by atoms with Gasteiger partial charge in [-0.05, 0) is 88.3 Å². The maximum absolute atomic E-state index is 3.78. The van der Waals surface area contributed by atoms with Crippen molar-refractivity contribution >= 4 is 22.7 Å². The van der Waals surface area contributed by atoms with Crippen molar-refractivity contribution in [2.24, 2.45) is 0 Å². The molecule has 0 fully saturated rings. The minimum Gasteiger partial charge on any atom is -0.355 e. The Kier molecular flexibility index (Phi) is 11.0. The van der Waals surface area contributed by atoms with E-state index in [1.807, 2.05) is 0 Å². The largest absolute Gasteiger partial charge is 0.355 e. The first-order valence-corrected chi connectivity index (χ1v) is 17.3. The monoisotopic (exact) mass is 636 g/mol. The zero-order chi connectivity index (χ0) is 33.8. The van der Waals surface area contributed by atoms with Crippen LogP contribution in [0.25, 0.3) is 44.5 Å². The Morgan fingerprint density at radius 2 is 0.816 bits per heavy atom. The van der Waals surface area contributed by atoms with Gasteiger partial charge in [-0.3, -0.25) is 0 Å². The van der Waals surface area contributed by atoms with Crippen molar-refractivity contribution in [2.75, 3.05) is 10.6 Å². The summed E-state index contributed by atoms with van der Waals surface area (Å²) in [5.41, 5.74) is 14.8. The van der Waals surface area contributed by atoms with Crippen LogP contribution >= 0.6 is 0 Å². The number of rotatable bonds is 9. The molecule has 7 aromatic rings. The molecule has 0 aliphatic heterocycles. The van der Waals surface area contributed by atoms with Gasteiger partial charge in [0.05, 0.1) is 0 Å². The van der Waals surface area contributed by atoms with Crippen LogP contribution in [0, 0.1) is 6.92 Å². The van der Waals surface area contributed by atoms with E-state index in [-0.39, 0.29) is 0 Å². The second-order valence-electron chi connectivity index (χ2n) is 12.3. The van der Waals surface area contributed by atoms with Crippen molar-refractivity contribution in [3.63, 3.8) is 0 Å². The number of hydrogen-bond acceptors (Lipinski definition) is 2. The topological polar surface area (TPSA) is 24.1 Å². The summed E-state index contributed by atoms with van der Waals surface area (Å²) in [6.07, 6.45) is 2.64. The molecule has 0 aliphatic rings. The van der Waals surface area contributed by atoms with E-state index in [4.69, 9.17) is 0 Å². The second kappa shape index (κ2) is 16.3. The molecule has 7 rings (SSSR count). The summed E-state index contributed by atoms with van der Waals surface area (Å²) in [6.45, 7) is 6.50. The summed E-state index contributed by atoms with van der Waals surface area (Å²) in [6, 6.07) is 62.2. The fourth-order valence-electron chi connectivity index (χ4n) is 5.90. The molecule has 0 aliphatic carbocycles. The van der Waals surface area contributed by atoms with Crippen LogP contribution in [-0.4, -0.2) is 0 Å². The lowest BCUT2D eigenvalue weighted by atomic mass is 9.94. The van der Waals surface area contributed by atoms with Crippen LogP contribution in [0.2, 0.25) is 0 Å². The molecule has 0 bridgehead atoms. The minimum atomic E-state index is 1.03. The zero-order valence-corrected chi connectivity index (χ0v) is 28.7. The van der Waals surface area contributed by atoms with E-state index in [0.29, 0.717) is 0 Å². The fraction of sp³-hybridized carbons (Fsp3) is 0.106. The van der Waals surface area contributed by atoms with Gasteiger partial charge in [0.25, 0.3) is 0 Å². The van der Waals surface area contributed by atoms with Gasteiger partial charge < -0.3 is 10.6 Å². The van der Waals surface area contributed by atoms with E-state index < -0.39 is 0 Å². The normalized spacial score (nSPS) is 10.5. The van der Waals surface area contributed by atoms with Gasteiger partial charge in [-0.1, -0.05) is 160 Å². The van der Waals surface area contributed by atoms with Gasteiger partial charge in [0.15, 0.2) is 0 Å². The molecule has 2 nitrogen and oxygen atoms in total. The van der Waals surface area contributed by atoms with Crippen LogP contribution < -0.4 is 10.6 Å². The Balaban J connectivity index is 0.000000989. The third-order valence-electron chi connectivity index (χ3n) is 8.55. The number of nitrogens with one attached hydrogen (secondary N) is 2.